The highest BCUT2D eigenvalue weighted by Gasteiger charge is 2.29. The number of ether oxygens (including phenoxy) is 3. The van der Waals surface area contributed by atoms with E-state index in [-0.39, 0.29) is 16.6 Å². The van der Waals surface area contributed by atoms with Crippen molar-refractivity contribution in [3.05, 3.63) is 47.0 Å². The third-order valence-corrected chi connectivity index (χ3v) is 7.81. The third kappa shape index (κ3) is 4.40. The van der Waals surface area contributed by atoms with Gasteiger partial charge in [0.25, 0.3) is 5.91 Å². The molecule has 0 fully saturated rings. The van der Waals surface area contributed by atoms with E-state index >= 15 is 0 Å². The molecule has 0 N–H and O–H groups in total. The third-order valence-electron chi connectivity index (χ3n) is 5.74. The molecular weight excluding hydrogens is 432 g/mol. The average molecular weight is 463 g/mol. The number of rotatable bonds is 8. The van der Waals surface area contributed by atoms with Gasteiger partial charge in [0.2, 0.25) is 10.0 Å². The number of hydrogen-bond donors (Lipinski definition) is 0. The molecule has 2 aromatic rings. The van der Waals surface area contributed by atoms with Gasteiger partial charge in [-0.3, -0.25) is 4.79 Å². The first-order chi connectivity index (χ1) is 15.3. The predicted octanol–water partition coefficient (Wildman–Crippen LogP) is 2.94. The Morgan fingerprint density at radius 2 is 1.53 bits per heavy atom. The number of methoxy groups -OCH3 is 3. The van der Waals surface area contributed by atoms with Gasteiger partial charge in [0, 0.05) is 31.7 Å². The lowest BCUT2D eigenvalue weighted by Gasteiger charge is -2.30. The van der Waals surface area contributed by atoms with Crippen molar-refractivity contribution in [1.29, 1.82) is 0 Å². The number of carbonyl (C=O) groups excluding carboxylic acids is 1. The van der Waals surface area contributed by atoms with Crippen LogP contribution < -0.4 is 14.2 Å². The minimum Gasteiger partial charge on any atom is -0.495 e. The Morgan fingerprint density at radius 1 is 0.938 bits per heavy atom. The molecule has 3 rings (SSSR count). The molecule has 1 heterocycles. The second-order valence-electron chi connectivity index (χ2n) is 7.41. The van der Waals surface area contributed by atoms with Crippen molar-refractivity contribution in [2.24, 2.45) is 0 Å². The van der Waals surface area contributed by atoms with E-state index in [9.17, 15) is 13.2 Å². The maximum absolute atomic E-state index is 13.3. The minimum absolute atomic E-state index is 0.00151. The smallest absolute Gasteiger partial charge is 0.254 e. The molecule has 1 aliphatic rings. The number of carbonyl (C=O) groups is 1. The molecule has 0 unspecified atom stereocenters. The fraction of sp³-hybridized carbons (Fsp3) is 0.435. The van der Waals surface area contributed by atoms with E-state index in [1.54, 1.807) is 39.0 Å². The largest absolute Gasteiger partial charge is 0.495 e. The van der Waals surface area contributed by atoms with E-state index in [1.165, 1.54) is 23.5 Å². The number of fused-ring (bicyclic) bond motifs is 1. The molecule has 0 radical (unpaired) electrons. The Hall–Kier alpha value is -2.78. The van der Waals surface area contributed by atoms with Crippen LogP contribution in [0, 0.1) is 0 Å². The molecule has 174 valence electrons. The highest BCUT2D eigenvalue weighted by Crippen LogP contribution is 2.34. The van der Waals surface area contributed by atoms with Crippen molar-refractivity contribution in [2.45, 2.75) is 31.7 Å². The quantitative estimate of drug-likeness (QED) is 0.600. The zero-order valence-electron chi connectivity index (χ0n) is 19.2. The van der Waals surface area contributed by atoms with Gasteiger partial charge in [-0.15, -0.1) is 0 Å². The van der Waals surface area contributed by atoms with E-state index in [0.29, 0.717) is 49.7 Å². The first kappa shape index (κ1) is 23.9. The molecule has 0 saturated carbocycles. The highest BCUT2D eigenvalue weighted by molar-refractivity contribution is 7.89. The Labute approximate surface area is 189 Å². The summed E-state index contributed by atoms with van der Waals surface area (Å²) in [6.07, 6.45) is 0.669. The van der Waals surface area contributed by atoms with Gasteiger partial charge in [0.05, 0.1) is 21.3 Å². The number of amides is 1. The van der Waals surface area contributed by atoms with E-state index < -0.39 is 10.0 Å². The molecule has 1 aliphatic heterocycles. The number of nitrogens with zero attached hydrogens (tertiary/aromatic N) is 2. The standard InChI is InChI=1S/C23H30N2O6S/c1-6-25(7-2)32(27,28)22-14-17(8-9-19(22)29-3)23(26)24-11-10-16-12-20(30-4)21(31-5)13-18(16)15-24/h8-9,12-14H,6-7,10-11,15H2,1-5H3. The summed E-state index contributed by atoms with van der Waals surface area (Å²) in [5.74, 6) is 1.25. The summed E-state index contributed by atoms with van der Waals surface area (Å²) in [5.41, 5.74) is 2.39. The van der Waals surface area contributed by atoms with Crippen molar-refractivity contribution in [1.82, 2.24) is 9.21 Å². The van der Waals surface area contributed by atoms with Crippen molar-refractivity contribution in [3.63, 3.8) is 0 Å². The maximum atomic E-state index is 13.3. The molecular formula is C23H30N2O6S. The molecule has 8 nitrogen and oxygen atoms in total. The van der Waals surface area contributed by atoms with Gasteiger partial charge in [-0.2, -0.15) is 4.31 Å². The lowest BCUT2D eigenvalue weighted by Crippen LogP contribution is -2.36. The monoisotopic (exact) mass is 462 g/mol. The highest BCUT2D eigenvalue weighted by atomic mass is 32.2. The van der Waals surface area contributed by atoms with Crippen LogP contribution in [0.1, 0.15) is 35.3 Å². The normalized spacial score (nSPS) is 13.6. The Kier molecular flexibility index (Phi) is 7.30. The topological polar surface area (TPSA) is 85.4 Å². The molecule has 0 saturated heterocycles. The Bertz CT molecular complexity index is 1100. The molecule has 0 bridgehead atoms. The van der Waals surface area contributed by atoms with Crippen molar-refractivity contribution in [2.75, 3.05) is 41.0 Å². The van der Waals surface area contributed by atoms with Crippen LogP contribution in [0.15, 0.2) is 35.2 Å². The fourth-order valence-corrected chi connectivity index (χ4v) is 5.59. The lowest BCUT2D eigenvalue weighted by molar-refractivity contribution is 0.0734. The first-order valence-electron chi connectivity index (χ1n) is 10.5. The van der Waals surface area contributed by atoms with Gasteiger partial charge in [-0.1, -0.05) is 13.8 Å². The van der Waals surface area contributed by atoms with Crippen LogP contribution in [-0.2, 0) is 23.0 Å². The van der Waals surface area contributed by atoms with Gasteiger partial charge in [0.15, 0.2) is 11.5 Å². The number of hydrogen-bond acceptors (Lipinski definition) is 6. The van der Waals surface area contributed by atoms with Crippen LogP contribution in [0.2, 0.25) is 0 Å². The zero-order valence-corrected chi connectivity index (χ0v) is 20.0. The van der Waals surface area contributed by atoms with Crippen molar-refractivity contribution >= 4 is 15.9 Å². The number of sulfonamides is 1. The Balaban J connectivity index is 1.94. The summed E-state index contributed by atoms with van der Waals surface area (Å²) < 4.78 is 43.6. The molecule has 0 aliphatic carbocycles. The zero-order chi connectivity index (χ0) is 23.5. The molecule has 0 aromatic heterocycles. The van der Waals surface area contributed by atoms with Crippen molar-refractivity contribution in [3.8, 4) is 17.2 Å². The molecule has 9 heteroatoms. The predicted molar refractivity (Wildman–Crippen MR) is 121 cm³/mol. The van der Waals surface area contributed by atoms with Crippen LogP contribution in [0.3, 0.4) is 0 Å². The Morgan fingerprint density at radius 3 is 2.09 bits per heavy atom. The summed E-state index contributed by atoms with van der Waals surface area (Å²) in [7, 11) is 0.797. The van der Waals surface area contributed by atoms with Gasteiger partial charge in [-0.05, 0) is 47.9 Å². The average Bonchev–Trinajstić information content (AvgIpc) is 2.82. The lowest BCUT2D eigenvalue weighted by atomic mass is 9.98. The minimum atomic E-state index is -3.79. The molecule has 0 atom stereocenters. The molecule has 1 amide bonds. The van der Waals surface area contributed by atoms with Crippen LogP contribution in [-0.4, -0.2) is 64.5 Å². The van der Waals surface area contributed by atoms with Crippen molar-refractivity contribution < 1.29 is 27.4 Å². The summed E-state index contributed by atoms with van der Waals surface area (Å²) in [6, 6.07) is 8.39. The summed E-state index contributed by atoms with van der Waals surface area (Å²) >= 11 is 0. The van der Waals surface area contributed by atoms with Gasteiger partial charge in [-0.25, -0.2) is 8.42 Å². The first-order valence-corrected chi connectivity index (χ1v) is 12.0. The van der Waals surface area contributed by atoms with Crippen LogP contribution in [0.4, 0.5) is 0 Å². The molecule has 32 heavy (non-hydrogen) atoms. The fourth-order valence-electron chi connectivity index (χ4n) is 3.95. The second-order valence-corrected chi connectivity index (χ2v) is 9.31. The summed E-state index contributed by atoms with van der Waals surface area (Å²) in [4.78, 5) is 15.0. The van der Waals surface area contributed by atoms with E-state index in [4.69, 9.17) is 14.2 Å². The van der Waals surface area contributed by atoms with Gasteiger partial charge < -0.3 is 19.1 Å². The van der Waals surface area contributed by atoms with Crippen LogP contribution in [0.25, 0.3) is 0 Å². The summed E-state index contributed by atoms with van der Waals surface area (Å²) in [5, 5.41) is 0. The van der Waals surface area contributed by atoms with E-state index in [0.717, 1.165) is 11.1 Å². The number of benzene rings is 2. The maximum Gasteiger partial charge on any atom is 0.254 e. The van der Waals surface area contributed by atoms with Crippen LogP contribution >= 0.6 is 0 Å². The second kappa shape index (κ2) is 9.79. The van der Waals surface area contributed by atoms with E-state index in [2.05, 4.69) is 0 Å². The summed E-state index contributed by atoms with van der Waals surface area (Å²) in [6.45, 7) is 5.13. The van der Waals surface area contributed by atoms with Gasteiger partial charge in [0.1, 0.15) is 10.6 Å². The molecule has 0 spiro atoms. The van der Waals surface area contributed by atoms with Crippen LogP contribution in [0.5, 0.6) is 17.2 Å². The SMILES string of the molecule is CCN(CC)S(=O)(=O)c1cc(C(=O)N2CCc3cc(OC)c(OC)cc3C2)ccc1OC. The molecule has 2 aromatic carbocycles. The van der Waals surface area contributed by atoms with E-state index in [1.807, 2.05) is 12.1 Å². The van der Waals surface area contributed by atoms with Gasteiger partial charge >= 0.3 is 0 Å².